The van der Waals surface area contributed by atoms with E-state index in [4.69, 9.17) is 16.3 Å². The van der Waals surface area contributed by atoms with Gasteiger partial charge in [-0.15, -0.1) is 0 Å². The Bertz CT molecular complexity index is 521. The second kappa shape index (κ2) is 5.84. The van der Waals surface area contributed by atoms with Crippen LogP contribution in [0.5, 0.6) is 0 Å². The Hall–Kier alpha value is -1.20. The highest BCUT2D eigenvalue weighted by molar-refractivity contribution is 7.81. The van der Waals surface area contributed by atoms with Gasteiger partial charge < -0.3 is 9.64 Å². The van der Waals surface area contributed by atoms with Crippen LogP contribution in [0.1, 0.15) is 23.7 Å². The van der Waals surface area contributed by atoms with Gasteiger partial charge in [0.25, 0.3) is 0 Å². The number of hydrogen-bond acceptors (Lipinski definition) is 4. The average molecular weight is 300 g/mol. The fraction of sp³-hybridized carbons (Fsp3) is 0.385. The summed E-state index contributed by atoms with van der Waals surface area (Å²) in [6.45, 7) is 2.54. The van der Waals surface area contributed by atoms with Crippen molar-refractivity contribution in [1.29, 1.82) is 0 Å². The summed E-state index contributed by atoms with van der Waals surface area (Å²) in [5, 5.41) is 0.338. The van der Waals surface area contributed by atoms with E-state index < -0.39 is 5.97 Å². The summed E-state index contributed by atoms with van der Waals surface area (Å²) in [6, 6.07) is 4.90. The predicted octanol–water partition coefficient (Wildman–Crippen LogP) is 2.55. The molecule has 1 fully saturated rings. The molecule has 0 saturated carbocycles. The molecule has 0 aromatic heterocycles. The van der Waals surface area contributed by atoms with E-state index in [1.165, 1.54) is 0 Å². The molecule has 0 radical (unpaired) electrons. The molecule has 2 rings (SSSR count). The van der Waals surface area contributed by atoms with Crippen LogP contribution in [0.2, 0.25) is 5.02 Å². The van der Waals surface area contributed by atoms with Gasteiger partial charge in [0.15, 0.2) is 0 Å². The van der Waals surface area contributed by atoms with Crippen molar-refractivity contribution < 1.29 is 14.3 Å². The summed E-state index contributed by atoms with van der Waals surface area (Å²) >= 11 is 10.3. The molecule has 1 atom stereocenters. The van der Waals surface area contributed by atoms with Crippen LogP contribution < -0.4 is 4.90 Å². The van der Waals surface area contributed by atoms with Gasteiger partial charge in [-0.05, 0) is 25.1 Å². The Morgan fingerprint density at radius 3 is 2.89 bits per heavy atom. The van der Waals surface area contributed by atoms with Gasteiger partial charge in [-0.1, -0.05) is 11.6 Å². The number of rotatable bonds is 3. The molecule has 1 aromatic carbocycles. The fourth-order valence-electron chi connectivity index (χ4n) is 1.98. The van der Waals surface area contributed by atoms with Crippen LogP contribution in [0, 0.1) is 0 Å². The van der Waals surface area contributed by atoms with Crippen molar-refractivity contribution in [3.63, 3.8) is 0 Å². The minimum atomic E-state index is -0.483. The van der Waals surface area contributed by atoms with Gasteiger partial charge in [0.2, 0.25) is 5.91 Å². The lowest BCUT2D eigenvalue weighted by Gasteiger charge is -2.17. The summed E-state index contributed by atoms with van der Waals surface area (Å²) in [6.07, 6.45) is 0.403. The number of thiol groups is 1. The van der Waals surface area contributed by atoms with Crippen molar-refractivity contribution in [1.82, 2.24) is 0 Å². The van der Waals surface area contributed by atoms with Crippen molar-refractivity contribution in [2.45, 2.75) is 18.6 Å². The largest absolute Gasteiger partial charge is 0.462 e. The Kier molecular flexibility index (Phi) is 4.37. The monoisotopic (exact) mass is 299 g/mol. The number of halogens is 1. The van der Waals surface area contributed by atoms with Gasteiger partial charge in [-0.2, -0.15) is 12.6 Å². The van der Waals surface area contributed by atoms with Crippen molar-refractivity contribution in [3.05, 3.63) is 28.8 Å². The standard InChI is InChI=1S/C13H14ClNO3S/c1-2-18-13(17)10-5-8(3-4-11(10)14)15-7-9(19)6-12(15)16/h3-5,9,19H,2,6-7H2,1H3. The van der Waals surface area contributed by atoms with E-state index in [-0.39, 0.29) is 23.3 Å². The van der Waals surface area contributed by atoms with E-state index in [1.807, 2.05) is 0 Å². The van der Waals surface area contributed by atoms with E-state index in [1.54, 1.807) is 30.0 Å². The molecular weight excluding hydrogens is 286 g/mol. The molecule has 1 aliphatic rings. The molecule has 1 amide bonds. The third kappa shape index (κ3) is 3.04. The zero-order valence-electron chi connectivity index (χ0n) is 10.4. The van der Waals surface area contributed by atoms with Crippen LogP contribution in [-0.4, -0.2) is 30.3 Å². The number of carbonyl (C=O) groups is 2. The Balaban J connectivity index is 2.31. The van der Waals surface area contributed by atoms with Crippen LogP contribution in [0.15, 0.2) is 18.2 Å². The molecule has 1 saturated heterocycles. The summed E-state index contributed by atoms with van der Waals surface area (Å²) < 4.78 is 4.93. The molecule has 1 unspecified atom stereocenters. The van der Waals surface area contributed by atoms with E-state index in [9.17, 15) is 9.59 Å². The van der Waals surface area contributed by atoms with Crippen molar-refractivity contribution >= 4 is 41.8 Å². The first-order valence-electron chi connectivity index (χ1n) is 5.98. The lowest BCUT2D eigenvalue weighted by molar-refractivity contribution is -0.117. The summed E-state index contributed by atoms with van der Waals surface area (Å²) in [4.78, 5) is 25.2. The maximum atomic E-state index is 11.8. The van der Waals surface area contributed by atoms with Crippen LogP contribution in [0.3, 0.4) is 0 Å². The highest BCUT2D eigenvalue weighted by atomic mass is 35.5. The summed E-state index contributed by atoms with van der Waals surface area (Å²) in [5.41, 5.74) is 0.922. The van der Waals surface area contributed by atoms with Crippen molar-refractivity contribution in [3.8, 4) is 0 Å². The molecule has 0 N–H and O–H groups in total. The first kappa shape index (κ1) is 14.2. The van der Waals surface area contributed by atoms with Gasteiger partial charge >= 0.3 is 5.97 Å². The topological polar surface area (TPSA) is 46.6 Å². The first-order chi connectivity index (χ1) is 9.02. The van der Waals surface area contributed by atoms with E-state index in [2.05, 4.69) is 12.6 Å². The molecule has 1 heterocycles. The number of anilines is 1. The maximum absolute atomic E-state index is 11.8. The number of benzene rings is 1. The summed E-state index contributed by atoms with van der Waals surface area (Å²) in [7, 11) is 0. The number of esters is 1. The van der Waals surface area contributed by atoms with Gasteiger partial charge in [-0.3, -0.25) is 4.79 Å². The van der Waals surface area contributed by atoms with Crippen LogP contribution >= 0.6 is 24.2 Å². The molecule has 1 aliphatic heterocycles. The van der Waals surface area contributed by atoms with Crippen molar-refractivity contribution in [2.24, 2.45) is 0 Å². The van der Waals surface area contributed by atoms with Crippen LogP contribution in [-0.2, 0) is 9.53 Å². The Morgan fingerprint density at radius 1 is 1.58 bits per heavy atom. The number of amides is 1. The van der Waals surface area contributed by atoms with E-state index in [0.29, 0.717) is 23.7 Å². The highest BCUT2D eigenvalue weighted by Crippen LogP contribution is 2.28. The zero-order valence-corrected chi connectivity index (χ0v) is 12.1. The van der Waals surface area contributed by atoms with Gasteiger partial charge in [-0.25, -0.2) is 4.79 Å². The SMILES string of the molecule is CCOC(=O)c1cc(N2CC(S)CC2=O)ccc1Cl. The number of hydrogen-bond donors (Lipinski definition) is 1. The molecule has 19 heavy (non-hydrogen) atoms. The van der Waals surface area contributed by atoms with Crippen LogP contribution in [0.25, 0.3) is 0 Å². The third-order valence-electron chi connectivity index (χ3n) is 2.86. The lowest BCUT2D eigenvalue weighted by Crippen LogP contribution is -2.25. The van der Waals surface area contributed by atoms with Crippen LogP contribution in [0.4, 0.5) is 5.69 Å². The van der Waals surface area contributed by atoms with E-state index in [0.717, 1.165) is 0 Å². The van der Waals surface area contributed by atoms with Crippen molar-refractivity contribution in [2.75, 3.05) is 18.1 Å². The van der Waals surface area contributed by atoms with E-state index >= 15 is 0 Å². The molecule has 1 aromatic rings. The van der Waals surface area contributed by atoms with Gasteiger partial charge in [0, 0.05) is 23.9 Å². The maximum Gasteiger partial charge on any atom is 0.339 e. The normalized spacial score (nSPS) is 18.8. The molecule has 6 heteroatoms. The van der Waals surface area contributed by atoms with Gasteiger partial charge in [0.05, 0.1) is 17.2 Å². The second-order valence-corrected chi connectivity index (χ2v) is 5.38. The second-order valence-electron chi connectivity index (χ2n) is 4.25. The smallest absolute Gasteiger partial charge is 0.339 e. The minimum absolute atomic E-state index is 0.00266. The number of nitrogens with zero attached hydrogens (tertiary/aromatic N) is 1. The highest BCUT2D eigenvalue weighted by Gasteiger charge is 2.29. The Labute approximate surface area is 122 Å². The molecule has 102 valence electrons. The number of ether oxygens (including phenoxy) is 1. The third-order valence-corrected chi connectivity index (χ3v) is 3.54. The first-order valence-corrected chi connectivity index (χ1v) is 6.87. The molecule has 0 spiro atoms. The molecule has 4 nitrogen and oxygen atoms in total. The average Bonchev–Trinajstić information content (AvgIpc) is 2.69. The fourth-order valence-corrected chi connectivity index (χ4v) is 2.50. The molecule has 0 aliphatic carbocycles. The number of carbonyl (C=O) groups excluding carboxylic acids is 2. The predicted molar refractivity (Wildman–Crippen MR) is 77.2 cm³/mol. The molecular formula is C13H14ClNO3S. The lowest BCUT2D eigenvalue weighted by atomic mass is 10.2. The Morgan fingerprint density at radius 2 is 2.32 bits per heavy atom. The molecule has 0 bridgehead atoms. The summed E-state index contributed by atoms with van der Waals surface area (Å²) in [5.74, 6) is -0.486. The minimum Gasteiger partial charge on any atom is -0.462 e. The van der Waals surface area contributed by atoms with Gasteiger partial charge in [0.1, 0.15) is 0 Å². The quantitative estimate of drug-likeness (QED) is 0.689. The zero-order chi connectivity index (χ0) is 14.0.